The lowest BCUT2D eigenvalue weighted by molar-refractivity contribution is -0.134. The van der Waals surface area contributed by atoms with Gasteiger partial charge in [0.25, 0.3) is 0 Å². The number of likely N-dealkylation sites (tertiary alicyclic amines) is 1. The van der Waals surface area contributed by atoms with E-state index in [1.165, 1.54) is 6.07 Å². The van der Waals surface area contributed by atoms with Gasteiger partial charge in [-0.05, 0) is 18.1 Å². The Kier molecular flexibility index (Phi) is 6.90. The first-order valence-corrected chi connectivity index (χ1v) is 8.70. The second-order valence-corrected chi connectivity index (χ2v) is 6.76. The van der Waals surface area contributed by atoms with Crippen LogP contribution in [0, 0.1) is 17.6 Å². The molecule has 0 aliphatic carbocycles. The maximum Gasteiger partial charge on any atom is 0.241 e. The quantitative estimate of drug-likeness (QED) is 0.795. The molecule has 8 heteroatoms. The second kappa shape index (κ2) is 8.93. The first-order chi connectivity index (χ1) is 12.3. The van der Waals surface area contributed by atoms with E-state index in [1.54, 1.807) is 4.90 Å². The van der Waals surface area contributed by atoms with Gasteiger partial charge in [0.2, 0.25) is 11.8 Å². The van der Waals surface area contributed by atoms with Gasteiger partial charge in [-0.25, -0.2) is 8.78 Å². The average Bonchev–Trinajstić information content (AvgIpc) is 2.61. The SMILES string of the molecule is CC(C)[C@H](N)C(=O)NCC(=O)N1CCC(Oc2ccc(F)cc2F)CC1. The van der Waals surface area contributed by atoms with Gasteiger partial charge in [-0.2, -0.15) is 0 Å². The normalized spacial score (nSPS) is 16.5. The van der Waals surface area contributed by atoms with E-state index in [0.717, 1.165) is 12.1 Å². The smallest absolute Gasteiger partial charge is 0.241 e. The third-order valence-corrected chi connectivity index (χ3v) is 4.42. The van der Waals surface area contributed by atoms with E-state index < -0.39 is 17.7 Å². The van der Waals surface area contributed by atoms with Gasteiger partial charge >= 0.3 is 0 Å². The van der Waals surface area contributed by atoms with Crippen molar-refractivity contribution >= 4 is 11.8 Å². The summed E-state index contributed by atoms with van der Waals surface area (Å²) in [5.74, 6) is -1.95. The van der Waals surface area contributed by atoms with E-state index in [2.05, 4.69) is 5.32 Å². The molecule has 1 aliphatic heterocycles. The van der Waals surface area contributed by atoms with Crippen molar-refractivity contribution in [1.82, 2.24) is 10.2 Å². The van der Waals surface area contributed by atoms with Crippen LogP contribution in [0.5, 0.6) is 5.75 Å². The molecule has 1 aromatic rings. The predicted octanol–water partition coefficient (Wildman–Crippen LogP) is 1.43. The van der Waals surface area contributed by atoms with E-state index in [9.17, 15) is 18.4 Å². The van der Waals surface area contributed by atoms with Crippen LogP contribution in [-0.4, -0.2) is 48.5 Å². The van der Waals surface area contributed by atoms with Crippen LogP contribution in [0.1, 0.15) is 26.7 Å². The summed E-state index contributed by atoms with van der Waals surface area (Å²) < 4.78 is 32.1. The Bertz CT molecular complexity index is 647. The maximum absolute atomic E-state index is 13.6. The van der Waals surface area contributed by atoms with Crippen LogP contribution in [-0.2, 0) is 9.59 Å². The number of benzene rings is 1. The van der Waals surface area contributed by atoms with Gasteiger partial charge in [0.05, 0.1) is 12.6 Å². The standard InChI is InChI=1S/C18H25F2N3O3/c1-11(2)17(21)18(25)22-10-16(24)23-7-5-13(6-8-23)26-15-4-3-12(19)9-14(15)20/h3-4,9,11,13,17H,5-8,10,21H2,1-2H3,(H,22,25)/t17-/m0/s1. The number of hydrogen-bond acceptors (Lipinski definition) is 4. The molecule has 0 radical (unpaired) electrons. The molecule has 144 valence electrons. The Morgan fingerprint density at radius 1 is 1.31 bits per heavy atom. The largest absolute Gasteiger partial charge is 0.487 e. The molecule has 2 rings (SSSR count). The van der Waals surface area contributed by atoms with E-state index >= 15 is 0 Å². The van der Waals surface area contributed by atoms with Gasteiger partial charge in [-0.15, -0.1) is 0 Å². The fourth-order valence-electron chi connectivity index (χ4n) is 2.67. The monoisotopic (exact) mass is 369 g/mol. The zero-order chi connectivity index (χ0) is 19.3. The lowest BCUT2D eigenvalue weighted by Gasteiger charge is -2.32. The number of carbonyl (C=O) groups is 2. The minimum absolute atomic E-state index is 0.00566. The van der Waals surface area contributed by atoms with Gasteiger partial charge in [0, 0.05) is 32.0 Å². The highest BCUT2D eigenvalue weighted by molar-refractivity contribution is 5.87. The Hall–Kier alpha value is -2.22. The summed E-state index contributed by atoms with van der Waals surface area (Å²) in [6.45, 7) is 4.45. The van der Waals surface area contributed by atoms with E-state index in [4.69, 9.17) is 10.5 Å². The highest BCUT2D eigenvalue weighted by Crippen LogP contribution is 2.22. The minimum atomic E-state index is -0.743. The van der Waals surface area contributed by atoms with Crippen molar-refractivity contribution in [1.29, 1.82) is 0 Å². The molecule has 0 bridgehead atoms. The maximum atomic E-state index is 13.6. The number of nitrogens with zero attached hydrogens (tertiary/aromatic N) is 1. The molecule has 1 heterocycles. The van der Waals surface area contributed by atoms with Crippen LogP contribution < -0.4 is 15.8 Å². The first-order valence-electron chi connectivity index (χ1n) is 8.70. The predicted molar refractivity (Wildman–Crippen MR) is 92.4 cm³/mol. The Morgan fingerprint density at radius 3 is 2.54 bits per heavy atom. The number of hydrogen-bond donors (Lipinski definition) is 2. The topological polar surface area (TPSA) is 84.7 Å². The molecule has 1 aliphatic rings. The number of nitrogens with one attached hydrogen (secondary N) is 1. The summed E-state index contributed by atoms with van der Waals surface area (Å²) in [7, 11) is 0. The lowest BCUT2D eigenvalue weighted by atomic mass is 10.1. The van der Waals surface area contributed by atoms with Crippen LogP contribution in [0.15, 0.2) is 18.2 Å². The Morgan fingerprint density at radius 2 is 1.96 bits per heavy atom. The number of carbonyl (C=O) groups excluding carboxylic acids is 2. The number of rotatable bonds is 6. The molecule has 0 aromatic heterocycles. The third kappa shape index (κ3) is 5.39. The van der Waals surface area contributed by atoms with Crippen LogP contribution in [0.2, 0.25) is 0 Å². The van der Waals surface area contributed by atoms with Crippen molar-refractivity contribution in [2.75, 3.05) is 19.6 Å². The molecule has 1 atom stereocenters. The Labute approximate surface area is 151 Å². The molecule has 0 spiro atoms. The van der Waals surface area contributed by atoms with Crippen molar-refractivity contribution in [3.05, 3.63) is 29.8 Å². The highest BCUT2D eigenvalue weighted by atomic mass is 19.1. The third-order valence-electron chi connectivity index (χ3n) is 4.42. The summed E-state index contributed by atoms with van der Waals surface area (Å²) >= 11 is 0. The van der Waals surface area contributed by atoms with E-state index in [0.29, 0.717) is 25.9 Å². The average molecular weight is 369 g/mol. The summed E-state index contributed by atoms with van der Waals surface area (Å²) in [5, 5.41) is 2.55. The van der Waals surface area contributed by atoms with Crippen LogP contribution in [0.4, 0.5) is 8.78 Å². The molecule has 6 nitrogen and oxygen atoms in total. The van der Waals surface area contributed by atoms with Gasteiger partial charge in [-0.3, -0.25) is 9.59 Å². The highest BCUT2D eigenvalue weighted by Gasteiger charge is 2.25. The zero-order valence-corrected chi connectivity index (χ0v) is 15.0. The number of ether oxygens (including phenoxy) is 1. The molecule has 2 amide bonds. The van der Waals surface area contributed by atoms with Gasteiger partial charge in [0.15, 0.2) is 11.6 Å². The number of amides is 2. The van der Waals surface area contributed by atoms with E-state index in [1.807, 2.05) is 13.8 Å². The summed E-state index contributed by atoms with van der Waals surface area (Å²) in [5.41, 5.74) is 5.73. The summed E-state index contributed by atoms with van der Waals surface area (Å²) in [4.78, 5) is 25.6. The number of piperidine rings is 1. The van der Waals surface area contributed by atoms with Gasteiger partial charge in [0.1, 0.15) is 11.9 Å². The molecular weight excluding hydrogens is 344 g/mol. The molecule has 0 saturated carbocycles. The Balaban J connectivity index is 1.77. The molecule has 0 unspecified atom stereocenters. The zero-order valence-electron chi connectivity index (χ0n) is 15.0. The first kappa shape index (κ1) is 20.1. The van der Waals surface area contributed by atoms with Crippen molar-refractivity contribution in [2.24, 2.45) is 11.7 Å². The molecular formula is C18H25F2N3O3. The van der Waals surface area contributed by atoms with Gasteiger partial charge in [-0.1, -0.05) is 13.8 Å². The van der Waals surface area contributed by atoms with Crippen molar-refractivity contribution < 1.29 is 23.1 Å². The van der Waals surface area contributed by atoms with E-state index in [-0.39, 0.29) is 36.1 Å². The molecule has 1 aromatic carbocycles. The number of nitrogens with two attached hydrogens (primary N) is 1. The number of halogens is 2. The van der Waals surface area contributed by atoms with Gasteiger partial charge < -0.3 is 20.7 Å². The lowest BCUT2D eigenvalue weighted by Crippen LogP contribution is -2.49. The van der Waals surface area contributed by atoms with Crippen LogP contribution in [0.25, 0.3) is 0 Å². The fourth-order valence-corrected chi connectivity index (χ4v) is 2.67. The van der Waals surface area contributed by atoms with Crippen LogP contribution in [0.3, 0.4) is 0 Å². The molecule has 3 N–H and O–H groups in total. The van der Waals surface area contributed by atoms with Crippen molar-refractivity contribution in [3.8, 4) is 5.75 Å². The molecule has 1 fully saturated rings. The molecule has 26 heavy (non-hydrogen) atoms. The summed E-state index contributed by atoms with van der Waals surface area (Å²) in [6.07, 6.45) is 0.812. The van der Waals surface area contributed by atoms with Crippen molar-refractivity contribution in [2.45, 2.75) is 38.8 Å². The van der Waals surface area contributed by atoms with Crippen LogP contribution >= 0.6 is 0 Å². The molecule has 1 saturated heterocycles. The second-order valence-electron chi connectivity index (χ2n) is 6.76. The fraction of sp³-hybridized carbons (Fsp3) is 0.556. The minimum Gasteiger partial charge on any atom is -0.487 e. The summed E-state index contributed by atoms with van der Waals surface area (Å²) in [6, 6.07) is 2.53. The van der Waals surface area contributed by atoms with Crippen molar-refractivity contribution in [3.63, 3.8) is 0 Å².